The fourth-order valence-corrected chi connectivity index (χ4v) is 2.33. The van der Waals surface area contributed by atoms with Gasteiger partial charge in [-0.15, -0.1) is 0 Å². The molecule has 1 nitrogen and oxygen atoms in total. The van der Waals surface area contributed by atoms with Crippen LogP contribution in [0.2, 0.25) is 5.02 Å². The highest BCUT2D eigenvalue weighted by atomic mass is 35.5. The Labute approximate surface area is 101 Å². The van der Waals surface area contributed by atoms with E-state index in [-0.39, 0.29) is 5.82 Å². The molecule has 0 unspecified atom stereocenters. The van der Waals surface area contributed by atoms with Crippen LogP contribution in [0.5, 0.6) is 0 Å². The van der Waals surface area contributed by atoms with Crippen LogP contribution in [0.15, 0.2) is 18.2 Å². The Bertz CT molecular complexity index is 374. The molecule has 0 atom stereocenters. The highest BCUT2D eigenvalue weighted by Crippen LogP contribution is 2.39. The minimum atomic E-state index is -0.185. The van der Waals surface area contributed by atoms with Crippen LogP contribution in [0, 0.1) is 11.2 Å². The van der Waals surface area contributed by atoms with Gasteiger partial charge in [-0.05, 0) is 36.5 Å². The summed E-state index contributed by atoms with van der Waals surface area (Å²) in [4.78, 5) is 0. The third-order valence-electron chi connectivity index (χ3n) is 3.44. The van der Waals surface area contributed by atoms with Crippen molar-refractivity contribution in [3.63, 3.8) is 0 Å². The lowest BCUT2D eigenvalue weighted by molar-refractivity contribution is 0.156. The quantitative estimate of drug-likeness (QED) is 0.847. The lowest BCUT2D eigenvalue weighted by Crippen LogP contribution is -2.37. The second-order valence-corrected chi connectivity index (χ2v) is 5.44. The first-order chi connectivity index (χ1) is 7.59. The smallest absolute Gasteiger partial charge is 0.127 e. The van der Waals surface area contributed by atoms with Crippen molar-refractivity contribution in [1.82, 2.24) is 5.32 Å². The van der Waals surface area contributed by atoms with Gasteiger partial charge in [0, 0.05) is 23.7 Å². The highest BCUT2D eigenvalue weighted by Gasteiger charge is 2.30. The van der Waals surface area contributed by atoms with Gasteiger partial charge in [0.2, 0.25) is 0 Å². The Morgan fingerprint density at radius 3 is 2.81 bits per heavy atom. The predicted molar refractivity (Wildman–Crippen MR) is 65.1 cm³/mol. The summed E-state index contributed by atoms with van der Waals surface area (Å²) in [6, 6.07) is 4.69. The first-order valence-corrected chi connectivity index (χ1v) is 6.12. The maximum absolute atomic E-state index is 13.4. The topological polar surface area (TPSA) is 12.0 Å². The molecule has 3 heteroatoms. The van der Waals surface area contributed by atoms with Crippen LogP contribution in [0.4, 0.5) is 4.39 Å². The molecule has 0 radical (unpaired) electrons. The van der Waals surface area contributed by atoms with Crippen molar-refractivity contribution < 1.29 is 4.39 Å². The molecule has 1 aromatic carbocycles. The van der Waals surface area contributed by atoms with Crippen molar-refractivity contribution in [3.8, 4) is 0 Å². The largest absolute Gasteiger partial charge is 0.312 e. The molecule has 2 rings (SSSR count). The number of nitrogens with one attached hydrogen (secondary N) is 1. The van der Waals surface area contributed by atoms with Crippen molar-refractivity contribution in [1.29, 1.82) is 0 Å². The molecule has 1 N–H and O–H groups in total. The molecule has 0 spiro atoms. The molecule has 1 aliphatic carbocycles. The van der Waals surface area contributed by atoms with Crippen LogP contribution >= 0.6 is 11.6 Å². The Morgan fingerprint density at radius 2 is 2.19 bits per heavy atom. The number of halogens is 2. The molecule has 1 saturated carbocycles. The van der Waals surface area contributed by atoms with E-state index in [1.165, 1.54) is 25.3 Å². The molecular weight excluding hydrogens is 225 g/mol. The normalized spacial score (nSPS) is 18.2. The number of hydrogen-bond donors (Lipinski definition) is 1. The third kappa shape index (κ3) is 2.74. The average Bonchev–Trinajstić information content (AvgIpc) is 2.21. The van der Waals surface area contributed by atoms with Gasteiger partial charge in [-0.3, -0.25) is 0 Å². The lowest BCUT2D eigenvalue weighted by Gasteiger charge is -2.38. The SMILES string of the molecule is CC1(CNCc2cc(Cl)ccc2F)CCC1. The van der Waals surface area contributed by atoms with Gasteiger partial charge < -0.3 is 5.32 Å². The van der Waals surface area contributed by atoms with Gasteiger partial charge in [-0.2, -0.15) is 0 Å². The van der Waals surface area contributed by atoms with Crippen molar-refractivity contribution in [2.45, 2.75) is 32.7 Å². The molecular formula is C13H17ClFN. The summed E-state index contributed by atoms with van der Waals surface area (Å²) >= 11 is 5.83. The number of rotatable bonds is 4. The maximum Gasteiger partial charge on any atom is 0.127 e. The lowest BCUT2D eigenvalue weighted by atomic mass is 9.70. The standard InChI is InChI=1S/C13H17ClFN/c1-13(5-2-6-13)9-16-8-10-7-11(14)3-4-12(10)15/h3-4,7,16H,2,5-6,8-9H2,1H3. The molecule has 88 valence electrons. The zero-order chi connectivity index (χ0) is 11.6. The summed E-state index contributed by atoms with van der Waals surface area (Å²) in [5.41, 5.74) is 1.07. The summed E-state index contributed by atoms with van der Waals surface area (Å²) in [6.07, 6.45) is 3.87. The van der Waals surface area contributed by atoms with E-state index in [1.54, 1.807) is 12.1 Å². The van der Waals surface area contributed by atoms with Gasteiger partial charge in [-0.1, -0.05) is 24.9 Å². The monoisotopic (exact) mass is 241 g/mol. The van der Waals surface area contributed by atoms with Crippen molar-refractivity contribution in [2.75, 3.05) is 6.54 Å². The Hall–Kier alpha value is -0.600. The summed E-state index contributed by atoms with van der Waals surface area (Å²) in [7, 11) is 0. The van der Waals surface area contributed by atoms with Crippen LogP contribution in [0.25, 0.3) is 0 Å². The summed E-state index contributed by atoms with van der Waals surface area (Å²) in [5, 5.41) is 3.90. The van der Waals surface area contributed by atoms with Gasteiger partial charge in [0.25, 0.3) is 0 Å². The van der Waals surface area contributed by atoms with Crippen LogP contribution in [0.1, 0.15) is 31.7 Å². The van der Waals surface area contributed by atoms with Crippen LogP contribution in [-0.2, 0) is 6.54 Å². The van der Waals surface area contributed by atoms with E-state index < -0.39 is 0 Å². The molecule has 1 aliphatic rings. The molecule has 1 aromatic rings. The zero-order valence-electron chi connectivity index (χ0n) is 9.52. The molecule has 0 heterocycles. The fraction of sp³-hybridized carbons (Fsp3) is 0.538. The molecule has 16 heavy (non-hydrogen) atoms. The first-order valence-electron chi connectivity index (χ1n) is 5.74. The van der Waals surface area contributed by atoms with Gasteiger partial charge in [0.1, 0.15) is 5.82 Å². The minimum absolute atomic E-state index is 0.185. The Balaban J connectivity index is 1.87. The highest BCUT2D eigenvalue weighted by molar-refractivity contribution is 6.30. The minimum Gasteiger partial charge on any atom is -0.312 e. The fourth-order valence-electron chi connectivity index (χ4n) is 2.13. The molecule has 0 bridgehead atoms. The molecule has 1 fully saturated rings. The van der Waals surface area contributed by atoms with E-state index in [4.69, 9.17) is 11.6 Å². The van der Waals surface area contributed by atoms with E-state index in [2.05, 4.69) is 12.2 Å². The van der Waals surface area contributed by atoms with E-state index >= 15 is 0 Å². The Morgan fingerprint density at radius 1 is 1.44 bits per heavy atom. The van der Waals surface area contributed by atoms with Gasteiger partial charge in [0.05, 0.1) is 0 Å². The van der Waals surface area contributed by atoms with Gasteiger partial charge in [-0.25, -0.2) is 4.39 Å². The Kier molecular flexibility index (Phi) is 3.50. The molecule has 0 amide bonds. The summed E-state index contributed by atoms with van der Waals surface area (Å²) in [6.45, 7) is 3.79. The van der Waals surface area contributed by atoms with Crippen molar-refractivity contribution in [3.05, 3.63) is 34.6 Å². The summed E-state index contributed by atoms with van der Waals surface area (Å²) in [5.74, 6) is -0.185. The molecule has 0 aromatic heterocycles. The molecule has 0 aliphatic heterocycles. The third-order valence-corrected chi connectivity index (χ3v) is 3.67. The predicted octanol–water partition coefficient (Wildman–Crippen LogP) is 3.76. The van der Waals surface area contributed by atoms with Gasteiger partial charge >= 0.3 is 0 Å². The van der Waals surface area contributed by atoms with E-state index in [0.717, 1.165) is 6.54 Å². The number of benzene rings is 1. The van der Waals surface area contributed by atoms with Crippen LogP contribution in [0.3, 0.4) is 0 Å². The van der Waals surface area contributed by atoms with Crippen molar-refractivity contribution >= 4 is 11.6 Å². The number of hydrogen-bond acceptors (Lipinski definition) is 1. The first kappa shape index (κ1) is 11.9. The van der Waals surface area contributed by atoms with E-state index in [1.807, 2.05) is 0 Å². The van der Waals surface area contributed by atoms with Crippen LogP contribution in [-0.4, -0.2) is 6.54 Å². The summed E-state index contributed by atoms with van der Waals surface area (Å²) < 4.78 is 13.4. The maximum atomic E-state index is 13.4. The zero-order valence-corrected chi connectivity index (χ0v) is 10.3. The van der Waals surface area contributed by atoms with E-state index in [9.17, 15) is 4.39 Å². The van der Waals surface area contributed by atoms with Crippen LogP contribution < -0.4 is 5.32 Å². The van der Waals surface area contributed by atoms with Crippen molar-refractivity contribution in [2.24, 2.45) is 5.41 Å². The van der Waals surface area contributed by atoms with E-state index in [0.29, 0.717) is 22.5 Å². The second kappa shape index (κ2) is 4.72. The average molecular weight is 242 g/mol. The molecule has 0 saturated heterocycles. The van der Waals surface area contributed by atoms with Gasteiger partial charge in [0.15, 0.2) is 0 Å². The second-order valence-electron chi connectivity index (χ2n) is 5.00.